The Morgan fingerprint density at radius 3 is 2.76 bits per heavy atom. The fourth-order valence-electron chi connectivity index (χ4n) is 4.00. The lowest BCUT2D eigenvalue weighted by Crippen LogP contribution is -2.41. The smallest absolute Gasteiger partial charge is 0.261 e. The summed E-state index contributed by atoms with van der Waals surface area (Å²) in [5.74, 6) is 0.757. The number of amides is 1. The minimum Gasteiger partial charge on any atom is -0.484 e. The van der Waals surface area contributed by atoms with E-state index in [4.69, 9.17) is 9.72 Å². The summed E-state index contributed by atoms with van der Waals surface area (Å²) < 4.78 is 7.04. The molecule has 0 saturated carbocycles. The van der Waals surface area contributed by atoms with Gasteiger partial charge in [-0.15, -0.1) is 11.3 Å². The van der Waals surface area contributed by atoms with Gasteiger partial charge in [-0.1, -0.05) is 42.5 Å². The van der Waals surface area contributed by atoms with Crippen molar-refractivity contribution < 1.29 is 9.53 Å². The third-order valence-electron chi connectivity index (χ3n) is 5.50. The van der Waals surface area contributed by atoms with Crippen LogP contribution in [0.5, 0.6) is 5.75 Å². The third-order valence-corrected chi connectivity index (χ3v) is 6.64. The summed E-state index contributed by atoms with van der Waals surface area (Å²) in [5, 5.41) is 3.31. The highest BCUT2D eigenvalue weighted by Gasteiger charge is 2.30. The first-order valence-electron chi connectivity index (χ1n) is 10.0. The summed E-state index contributed by atoms with van der Waals surface area (Å²) in [6.07, 6.45) is 3.11. The van der Waals surface area contributed by atoms with Gasteiger partial charge in [0.05, 0.1) is 16.3 Å². The van der Waals surface area contributed by atoms with E-state index in [1.807, 2.05) is 53.4 Å². The number of benzene rings is 3. The van der Waals surface area contributed by atoms with Crippen LogP contribution in [-0.2, 0) is 4.79 Å². The summed E-state index contributed by atoms with van der Waals surface area (Å²) >= 11 is 1.70. The number of fused-ring (bicyclic) bond motifs is 2. The van der Waals surface area contributed by atoms with Gasteiger partial charge in [-0.3, -0.25) is 4.79 Å². The van der Waals surface area contributed by atoms with Gasteiger partial charge in [-0.25, -0.2) is 4.98 Å². The van der Waals surface area contributed by atoms with Crippen LogP contribution >= 0.6 is 11.3 Å². The van der Waals surface area contributed by atoms with Gasteiger partial charge in [0.2, 0.25) is 0 Å². The van der Waals surface area contributed by atoms with Crippen LogP contribution in [0.2, 0.25) is 0 Å². The Balaban J connectivity index is 1.32. The normalized spacial score (nSPS) is 17.0. The number of piperidine rings is 1. The monoisotopic (exact) mass is 402 g/mol. The van der Waals surface area contributed by atoms with E-state index in [0.29, 0.717) is 0 Å². The molecule has 1 aliphatic rings. The molecule has 1 aliphatic heterocycles. The van der Waals surface area contributed by atoms with Crippen molar-refractivity contribution in [3.63, 3.8) is 0 Å². The molecular formula is C24H22N2O2S. The minimum atomic E-state index is 0.0297. The van der Waals surface area contributed by atoms with Crippen LogP contribution < -0.4 is 4.74 Å². The molecule has 0 spiro atoms. The fourth-order valence-corrected chi connectivity index (χ4v) is 5.12. The van der Waals surface area contributed by atoms with Crippen LogP contribution in [0, 0.1) is 0 Å². The number of hydrogen-bond acceptors (Lipinski definition) is 4. The zero-order valence-corrected chi connectivity index (χ0v) is 16.9. The van der Waals surface area contributed by atoms with Crippen LogP contribution in [0.25, 0.3) is 21.0 Å². The minimum absolute atomic E-state index is 0.0297. The van der Waals surface area contributed by atoms with Crippen molar-refractivity contribution in [2.45, 2.75) is 25.3 Å². The van der Waals surface area contributed by atoms with Crippen molar-refractivity contribution >= 4 is 38.2 Å². The fraction of sp³-hybridized carbons (Fsp3) is 0.250. The quantitative estimate of drug-likeness (QED) is 0.447. The van der Waals surface area contributed by atoms with E-state index in [9.17, 15) is 4.79 Å². The van der Waals surface area contributed by atoms with E-state index < -0.39 is 0 Å². The molecule has 1 saturated heterocycles. The molecule has 0 radical (unpaired) electrons. The van der Waals surface area contributed by atoms with Crippen LogP contribution in [0.1, 0.15) is 30.3 Å². The van der Waals surface area contributed by atoms with E-state index in [2.05, 4.69) is 18.2 Å². The number of para-hydroxylation sites is 1. The lowest BCUT2D eigenvalue weighted by molar-refractivity contribution is -0.137. The number of aromatic nitrogens is 1. The molecule has 0 aliphatic carbocycles. The number of carbonyl (C=O) groups excluding carboxylic acids is 1. The van der Waals surface area contributed by atoms with Crippen LogP contribution in [0.15, 0.2) is 66.7 Å². The van der Waals surface area contributed by atoms with Crippen molar-refractivity contribution in [2.24, 2.45) is 0 Å². The van der Waals surface area contributed by atoms with Crippen LogP contribution in [0.4, 0.5) is 0 Å². The molecule has 4 aromatic rings. The lowest BCUT2D eigenvalue weighted by atomic mass is 10.0. The zero-order valence-electron chi connectivity index (χ0n) is 16.1. The Labute approximate surface area is 173 Å². The van der Waals surface area contributed by atoms with Gasteiger partial charge in [0, 0.05) is 6.54 Å². The molecule has 1 unspecified atom stereocenters. The molecule has 0 N–H and O–H groups in total. The zero-order chi connectivity index (χ0) is 19.6. The highest BCUT2D eigenvalue weighted by Crippen LogP contribution is 2.35. The van der Waals surface area contributed by atoms with Gasteiger partial charge in [-0.05, 0) is 54.3 Å². The SMILES string of the molecule is O=C(COc1ccc2ccccc2c1)N1CCCCC1c1nc2ccccc2s1. The highest BCUT2D eigenvalue weighted by molar-refractivity contribution is 7.18. The number of rotatable bonds is 4. The Morgan fingerprint density at radius 2 is 1.86 bits per heavy atom. The number of carbonyl (C=O) groups is 1. The number of hydrogen-bond donors (Lipinski definition) is 0. The number of nitrogens with zero attached hydrogens (tertiary/aromatic N) is 2. The Morgan fingerprint density at radius 1 is 1.03 bits per heavy atom. The average molecular weight is 403 g/mol. The summed E-state index contributed by atoms with van der Waals surface area (Å²) in [6.45, 7) is 0.820. The predicted molar refractivity (Wildman–Crippen MR) is 117 cm³/mol. The first-order chi connectivity index (χ1) is 14.3. The Bertz CT molecular complexity index is 1140. The summed E-state index contributed by atoms with van der Waals surface area (Å²) in [6, 6.07) is 22.3. The maximum absolute atomic E-state index is 13.0. The molecule has 1 fully saturated rings. The van der Waals surface area contributed by atoms with Gasteiger partial charge in [0.15, 0.2) is 6.61 Å². The van der Waals surface area contributed by atoms with Crippen molar-refractivity contribution in [1.29, 1.82) is 0 Å². The van der Waals surface area contributed by atoms with Gasteiger partial charge >= 0.3 is 0 Å². The molecule has 5 heteroatoms. The molecule has 3 aromatic carbocycles. The Kier molecular flexibility index (Phi) is 4.90. The molecule has 5 rings (SSSR count). The molecule has 4 nitrogen and oxygen atoms in total. The average Bonchev–Trinajstić information content (AvgIpc) is 3.21. The molecule has 146 valence electrons. The summed E-state index contributed by atoms with van der Waals surface area (Å²) in [7, 11) is 0. The molecular weight excluding hydrogens is 380 g/mol. The van der Waals surface area contributed by atoms with E-state index in [1.165, 1.54) is 4.70 Å². The van der Waals surface area contributed by atoms with E-state index >= 15 is 0 Å². The molecule has 29 heavy (non-hydrogen) atoms. The van der Waals surface area contributed by atoms with Crippen molar-refractivity contribution in [3.05, 3.63) is 71.7 Å². The topological polar surface area (TPSA) is 42.4 Å². The highest BCUT2D eigenvalue weighted by atomic mass is 32.1. The first kappa shape index (κ1) is 18.1. The summed E-state index contributed by atoms with van der Waals surface area (Å²) in [5.41, 5.74) is 1.01. The lowest BCUT2D eigenvalue weighted by Gasteiger charge is -2.34. The van der Waals surface area contributed by atoms with Crippen LogP contribution in [0.3, 0.4) is 0 Å². The maximum atomic E-state index is 13.0. The van der Waals surface area contributed by atoms with Gasteiger partial charge in [0.1, 0.15) is 10.8 Å². The van der Waals surface area contributed by atoms with Gasteiger partial charge in [-0.2, -0.15) is 0 Å². The maximum Gasteiger partial charge on any atom is 0.261 e. The number of ether oxygens (including phenoxy) is 1. The molecule has 1 atom stereocenters. The van der Waals surface area contributed by atoms with Crippen LogP contribution in [-0.4, -0.2) is 28.9 Å². The van der Waals surface area contributed by atoms with Gasteiger partial charge < -0.3 is 9.64 Å². The van der Waals surface area contributed by atoms with E-state index in [-0.39, 0.29) is 18.6 Å². The molecule has 2 heterocycles. The largest absolute Gasteiger partial charge is 0.484 e. The number of thiazole rings is 1. The van der Waals surface area contributed by atoms with E-state index in [1.54, 1.807) is 11.3 Å². The third kappa shape index (κ3) is 3.70. The van der Waals surface area contributed by atoms with Crippen molar-refractivity contribution in [1.82, 2.24) is 9.88 Å². The number of likely N-dealkylation sites (tertiary alicyclic amines) is 1. The second kappa shape index (κ2) is 7.84. The van der Waals surface area contributed by atoms with Crippen molar-refractivity contribution in [2.75, 3.05) is 13.2 Å². The molecule has 1 amide bonds. The predicted octanol–water partition coefficient (Wildman–Crippen LogP) is 5.58. The summed E-state index contributed by atoms with van der Waals surface area (Å²) in [4.78, 5) is 19.8. The van der Waals surface area contributed by atoms with Gasteiger partial charge in [0.25, 0.3) is 5.91 Å². The first-order valence-corrected chi connectivity index (χ1v) is 10.9. The Hall–Kier alpha value is -2.92. The second-order valence-electron chi connectivity index (χ2n) is 7.42. The van der Waals surface area contributed by atoms with Crippen molar-refractivity contribution in [3.8, 4) is 5.75 Å². The standard InChI is InChI=1S/C24H22N2O2S/c27-23(16-28-19-13-12-17-7-1-2-8-18(17)15-19)26-14-6-5-10-21(26)24-25-20-9-3-4-11-22(20)29-24/h1-4,7-9,11-13,15,21H,5-6,10,14,16H2. The molecule has 1 aromatic heterocycles. The van der Waals surface area contributed by atoms with E-state index in [0.717, 1.165) is 52.9 Å². The second-order valence-corrected chi connectivity index (χ2v) is 8.48. The molecule has 0 bridgehead atoms.